The lowest BCUT2D eigenvalue weighted by Gasteiger charge is -2.29. The molecule has 1 aromatic heterocycles. The normalized spacial score (nSPS) is 17.3. The van der Waals surface area contributed by atoms with E-state index in [9.17, 15) is 13.2 Å². The van der Waals surface area contributed by atoms with E-state index in [0.29, 0.717) is 12.6 Å². The smallest absolute Gasteiger partial charge is 0.296 e. The van der Waals surface area contributed by atoms with Gasteiger partial charge in [-0.05, 0) is 30.5 Å². The van der Waals surface area contributed by atoms with Crippen molar-refractivity contribution < 1.29 is 13.2 Å². The maximum atomic E-state index is 12.4. The summed E-state index contributed by atoms with van der Waals surface area (Å²) in [6.45, 7) is 0.680. The molecule has 0 amide bonds. The Morgan fingerprint density at radius 3 is 2.37 bits per heavy atom. The second kappa shape index (κ2) is 6.37. The zero-order valence-electron chi connectivity index (χ0n) is 10.9. The maximum Gasteiger partial charge on any atom is 0.390 e. The highest BCUT2D eigenvalue weighted by atomic mass is 19.4. The number of rotatable bonds is 5. The minimum absolute atomic E-state index is 0.0937. The van der Waals surface area contributed by atoms with Crippen LogP contribution in [0.3, 0.4) is 0 Å². The Labute approximate surface area is 111 Å². The van der Waals surface area contributed by atoms with Crippen molar-refractivity contribution in [2.75, 3.05) is 6.54 Å². The largest absolute Gasteiger partial charge is 0.390 e. The first-order chi connectivity index (χ1) is 9.04. The molecule has 1 heterocycles. The molecule has 0 atom stereocenters. The second-order valence-electron chi connectivity index (χ2n) is 5.13. The van der Waals surface area contributed by atoms with E-state index in [1.807, 2.05) is 17.0 Å². The van der Waals surface area contributed by atoms with Crippen LogP contribution >= 0.6 is 0 Å². The van der Waals surface area contributed by atoms with Gasteiger partial charge in [0.25, 0.3) is 0 Å². The van der Waals surface area contributed by atoms with Gasteiger partial charge in [0, 0.05) is 31.5 Å². The maximum absolute atomic E-state index is 12.4. The molecule has 0 unspecified atom stereocenters. The van der Waals surface area contributed by atoms with Crippen LogP contribution in [-0.4, -0.2) is 28.6 Å². The molecule has 0 N–H and O–H groups in total. The van der Waals surface area contributed by atoms with Gasteiger partial charge in [-0.1, -0.05) is 12.8 Å². The van der Waals surface area contributed by atoms with Gasteiger partial charge in [0.05, 0.1) is 6.42 Å². The van der Waals surface area contributed by atoms with Gasteiger partial charge in [0.15, 0.2) is 0 Å². The minimum atomic E-state index is -4.07. The summed E-state index contributed by atoms with van der Waals surface area (Å²) in [6, 6.07) is 4.04. The van der Waals surface area contributed by atoms with E-state index >= 15 is 0 Å². The van der Waals surface area contributed by atoms with Crippen LogP contribution in [0.4, 0.5) is 13.2 Å². The number of aromatic nitrogens is 1. The van der Waals surface area contributed by atoms with E-state index in [0.717, 1.165) is 31.2 Å². The van der Waals surface area contributed by atoms with Gasteiger partial charge in [-0.15, -0.1) is 0 Å². The van der Waals surface area contributed by atoms with Gasteiger partial charge in [0.2, 0.25) is 0 Å². The second-order valence-corrected chi connectivity index (χ2v) is 5.13. The Morgan fingerprint density at radius 1 is 1.16 bits per heavy atom. The van der Waals surface area contributed by atoms with Crippen molar-refractivity contribution >= 4 is 0 Å². The lowest BCUT2D eigenvalue weighted by atomic mass is 10.1. The topological polar surface area (TPSA) is 16.1 Å². The SMILES string of the molecule is FC(F)(F)CCN(Cc1ccncc1)C1CCCC1. The van der Waals surface area contributed by atoms with Crippen molar-refractivity contribution in [3.05, 3.63) is 30.1 Å². The first kappa shape index (κ1) is 14.3. The zero-order chi connectivity index (χ0) is 13.7. The summed E-state index contributed by atoms with van der Waals surface area (Å²) in [4.78, 5) is 5.92. The third-order valence-electron chi connectivity index (χ3n) is 3.66. The summed E-state index contributed by atoms with van der Waals surface area (Å²) in [6.07, 6.45) is 2.86. The molecule has 1 fully saturated rings. The van der Waals surface area contributed by atoms with Gasteiger partial charge >= 0.3 is 6.18 Å². The van der Waals surface area contributed by atoms with Crippen LogP contribution in [-0.2, 0) is 6.54 Å². The first-order valence-electron chi connectivity index (χ1n) is 6.74. The van der Waals surface area contributed by atoms with Crippen LogP contribution in [0.15, 0.2) is 24.5 Å². The van der Waals surface area contributed by atoms with Crippen molar-refractivity contribution in [1.29, 1.82) is 0 Å². The highest BCUT2D eigenvalue weighted by Crippen LogP contribution is 2.27. The molecule has 2 nitrogen and oxygen atoms in total. The Kier molecular flexibility index (Phi) is 4.80. The van der Waals surface area contributed by atoms with Gasteiger partial charge in [-0.3, -0.25) is 9.88 Å². The third kappa shape index (κ3) is 4.82. The van der Waals surface area contributed by atoms with E-state index in [1.54, 1.807) is 12.4 Å². The summed E-state index contributed by atoms with van der Waals surface area (Å²) < 4.78 is 37.2. The van der Waals surface area contributed by atoms with Crippen molar-refractivity contribution in [3.63, 3.8) is 0 Å². The molecule has 0 radical (unpaired) electrons. The number of pyridine rings is 1. The number of hydrogen-bond donors (Lipinski definition) is 0. The molecule has 5 heteroatoms. The average Bonchev–Trinajstić information content (AvgIpc) is 2.88. The van der Waals surface area contributed by atoms with E-state index in [1.165, 1.54) is 0 Å². The van der Waals surface area contributed by atoms with Crippen LogP contribution in [0, 0.1) is 0 Å². The molecule has 0 aliphatic heterocycles. The van der Waals surface area contributed by atoms with Crippen LogP contribution in [0.2, 0.25) is 0 Å². The lowest BCUT2D eigenvalue weighted by molar-refractivity contribution is -0.139. The van der Waals surface area contributed by atoms with Crippen molar-refractivity contribution in [2.45, 2.75) is 50.9 Å². The van der Waals surface area contributed by atoms with Crippen LogP contribution in [0.5, 0.6) is 0 Å². The van der Waals surface area contributed by atoms with E-state index in [-0.39, 0.29) is 6.54 Å². The Hall–Kier alpha value is -1.10. The standard InChI is InChI=1S/C14H19F3N2/c15-14(16,17)7-10-19(13-3-1-2-4-13)11-12-5-8-18-9-6-12/h5-6,8-9,13H,1-4,7,10-11H2. The highest BCUT2D eigenvalue weighted by Gasteiger charge is 2.30. The van der Waals surface area contributed by atoms with Gasteiger partial charge in [-0.2, -0.15) is 13.2 Å². The van der Waals surface area contributed by atoms with Crippen LogP contribution in [0.1, 0.15) is 37.7 Å². The molecular weight excluding hydrogens is 253 g/mol. The summed E-state index contributed by atoms with van der Waals surface area (Å²) in [7, 11) is 0. The lowest BCUT2D eigenvalue weighted by Crippen LogP contribution is -2.35. The molecule has 1 saturated carbocycles. The summed E-state index contributed by atoms with van der Waals surface area (Å²) >= 11 is 0. The Balaban J connectivity index is 1.97. The third-order valence-corrected chi connectivity index (χ3v) is 3.66. The number of alkyl halides is 3. The van der Waals surface area contributed by atoms with Crippen molar-refractivity contribution in [1.82, 2.24) is 9.88 Å². The van der Waals surface area contributed by atoms with E-state index < -0.39 is 12.6 Å². The predicted molar refractivity (Wildman–Crippen MR) is 67.6 cm³/mol. The first-order valence-corrected chi connectivity index (χ1v) is 6.74. The fraction of sp³-hybridized carbons (Fsp3) is 0.643. The van der Waals surface area contributed by atoms with E-state index in [4.69, 9.17) is 0 Å². The number of hydrogen-bond acceptors (Lipinski definition) is 2. The van der Waals surface area contributed by atoms with Gasteiger partial charge in [0.1, 0.15) is 0 Å². The Bertz CT molecular complexity index is 372. The van der Waals surface area contributed by atoms with Gasteiger partial charge < -0.3 is 0 Å². The molecule has 0 saturated heterocycles. The Morgan fingerprint density at radius 2 is 1.79 bits per heavy atom. The molecule has 106 valence electrons. The molecule has 0 spiro atoms. The molecule has 1 aliphatic carbocycles. The summed E-state index contributed by atoms with van der Waals surface area (Å²) in [5.41, 5.74) is 1.03. The number of nitrogens with zero attached hydrogens (tertiary/aromatic N) is 2. The van der Waals surface area contributed by atoms with E-state index in [2.05, 4.69) is 4.98 Å². The zero-order valence-corrected chi connectivity index (χ0v) is 10.9. The van der Waals surface area contributed by atoms with Crippen molar-refractivity contribution in [3.8, 4) is 0 Å². The minimum Gasteiger partial charge on any atom is -0.296 e. The molecular formula is C14H19F3N2. The van der Waals surface area contributed by atoms with Crippen LogP contribution < -0.4 is 0 Å². The van der Waals surface area contributed by atoms with Crippen LogP contribution in [0.25, 0.3) is 0 Å². The average molecular weight is 272 g/mol. The predicted octanol–water partition coefficient (Wildman–Crippen LogP) is 3.78. The molecule has 1 aromatic rings. The highest BCUT2D eigenvalue weighted by molar-refractivity contribution is 5.09. The number of halogens is 3. The molecule has 2 rings (SSSR count). The monoisotopic (exact) mass is 272 g/mol. The quantitative estimate of drug-likeness (QED) is 0.811. The van der Waals surface area contributed by atoms with Gasteiger partial charge in [-0.25, -0.2) is 0 Å². The molecule has 19 heavy (non-hydrogen) atoms. The summed E-state index contributed by atoms with van der Waals surface area (Å²) in [5, 5.41) is 0. The molecule has 0 aromatic carbocycles. The van der Waals surface area contributed by atoms with Crippen molar-refractivity contribution in [2.24, 2.45) is 0 Å². The summed E-state index contributed by atoms with van der Waals surface area (Å²) in [5.74, 6) is 0. The fourth-order valence-electron chi connectivity index (χ4n) is 2.65. The molecule has 0 bridgehead atoms. The molecule has 1 aliphatic rings. The fourth-order valence-corrected chi connectivity index (χ4v) is 2.65.